The van der Waals surface area contributed by atoms with Gasteiger partial charge in [-0.25, -0.2) is 4.79 Å². The van der Waals surface area contributed by atoms with Gasteiger partial charge in [0.05, 0.1) is 46.6 Å². The number of quaternary nitrogens is 1. The van der Waals surface area contributed by atoms with Gasteiger partial charge in [0.25, 0.3) is 0 Å². The number of hydrogen-bond acceptors (Lipinski definition) is 7. The lowest BCUT2D eigenvalue weighted by molar-refractivity contribution is -0.849. The molecule has 2 aliphatic rings. The summed E-state index contributed by atoms with van der Waals surface area (Å²) in [5.74, 6) is -2.17. The fourth-order valence-corrected chi connectivity index (χ4v) is 5.81. The molecular weight excluding hydrogens is 520 g/mol. The van der Waals surface area contributed by atoms with Gasteiger partial charge in [-0.05, 0) is 31.0 Å². The van der Waals surface area contributed by atoms with Gasteiger partial charge in [-0.2, -0.15) is 0 Å². The number of rotatable bonds is 7. The van der Waals surface area contributed by atoms with Gasteiger partial charge < -0.3 is 29.3 Å². The summed E-state index contributed by atoms with van der Waals surface area (Å²) in [5, 5.41) is 16.4. The maximum atomic E-state index is 12.7. The molecule has 2 N–H and O–H groups in total. The monoisotopic (exact) mass is 556 g/mol. The Morgan fingerprint density at radius 2 is 1.62 bits per heavy atom. The van der Waals surface area contributed by atoms with Crippen LogP contribution in [0.15, 0.2) is 54.6 Å². The van der Waals surface area contributed by atoms with Gasteiger partial charge in [-0.1, -0.05) is 48.5 Å². The molecule has 210 valence electrons. The van der Waals surface area contributed by atoms with Crippen LogP contribution in [0.3, 0.4) is 0 Å². The molecule has 2 aliphatic heterocycles. The number of benzene rings is 2. The molecule has 0 aromatic heterocycles. The number of fused-ring (bicyclic) bond motifs is 1. The lowest BCUT2D eigenvalue weighted by Crippen LogP contribution is -2.71. The van der Waals surface area contributed by atoms with Crippen molar-refractivity contribution in [3.05, 3.63) is 65.7 Å². The molecule has 11 heteroatoms. The topological polar surface area (TPSA) is 128 Å². The van der Waals surface area contributed by atoms with Gasteiger partial charge in [0.1, 0.15) is 18.0 Å². The van der Waals surface area contributed by atoms with Crippen LogP contribution in [0.5, 0.6) is 0 Å². The highest BCUT2D eigenvalue weighted by molar-refractivity contribution is 8.01. The van der Waals surface area contributed by atoms with E-state index in [1.54, 1.807) is 38.1 Å². The van der Waals surface area contributed by atoms with E-state index in [0.717, 1.165) is 10.0 Å². The first-order valence-corrected chi connectivity index (χ1v) is 13.4. The molecule has 0 saturated carbocycles. The Morgan fingerprint density at radius 3 is 2.23 bits per heavy atom. The predicted octanol–water partition coefficient (Wildman–Crippen LogP) is 1.60. The third kappa shape index (κ3) is 7.96. The van der Waals surface area contributed by atoms with E-state index in [1.807, 2.05) is 30.3 Å². The summed E-state index contributed by atoms with van der Waals surface area (Å²) >= 11 is 1.33. The van der Waals surface area contributed by atoms with Crippen molar-refractivity contribution in [2.75, 3.05) is 33.5 Å². The van der Waals surface area contributed by atoms with Crippen LogP contribution >= 0.6 is 11.8 Å². The molecular formula is C28H36N4O6S. The third-order valence-electron chi connectivity index (χ3n) is 5.80. The van der Waals surface area contributed by atoms with Gasteiger partial charge >= 0.3 is 6.09 Å². The highest BCUT2D eigenvalue weighted by atomic mass is 32.2. The number of nitrogens with zero attached hydrogens (tertiary/aromatic N) is 2. The smallest absolute Gasteiger partial charge is 0.411 e. The first-order chi connectivity index (χ1) is 18.2. The second-order valence-corrected chi connectivity index (χ2v) is 13.1. The summed E-state index contributed by atoms with van der Waals surface area (Å²) < 4.78 is 5.51. The summed E-state index contributed by atoms with van der Waals surface area (Å²) in [7, 11) is 8.50. The number of carboxylic acids is 1. The van der Waals surface area contributed by atoms with E-state index in [4.69, 9.17) is 4.74 Å². The number of amides is 3. The molecule has 2 aromatic carbocycles. The van der Waals surface area contributed by atoms with Crippen molar-refractivity contribution in [2.24, 2.45) is 0 Å². The Labute approximate surface area is 233 Å². The molecule has 39 heavy (non-hydrogen) atoms. The van der Waals surface area contributed by atoms with Gasteiger partial charge in [0.15, 0.2) is 0 Å². The van der Waals surface area contributed by atoms with E-state index < -0.39 is 46.1 Å². The second-order valence-electron chi connectivity index (χ2n) is 11.3. The molecule has 3 atom stereocenters. The van der Waals surface area contributed by atoms with E-state index >= 15 is 0 Å². The number of thioether (sulfide) groups is 1. The average Bonchev–Trinajstić information content (AvgIpc) is 3.10. The number of β-lactam (4-membered cyclic amide) rings is 1. The molecule has 0 aliphatic carbocycles. The van der Waals surface area contributed by atoms with Crippen LogP contribution in [0.1, 0.15) is 25.0 Å². The predicted molar refractivity (Wildman–Crippen MR) is 147 cm³/mol. The van der Waals surface area contributed by atoms with E-state index in [9.17, 15) is 24.3 Å². The molecule has 0 bridgehead atoms. The van der Waals surface area contributed by atoms with Crippen LogP contribution in [0, 0.1) is 0 Å². The Hall–Kier alpha value is -3.57. The SMILES string of the molecule is CC1(C)S[C@@H]2C(NC(=O)Cc3ccccc3NC(=O)OCc3ccccc3)C(=O)N2[C@H]1C(=O)[O-].C[N+](C)(C)C. The zero-order chi connectivity index (χ0) is 29.0. The van der Waals surface area contributed by atoms with Crippen molar-refractivity contribution >= 4 is 41.3 Å². The number of hydrogen-bond donors (Lipinski definition) is 2. The lowest BCUT2D eigenvalue weighted by Gasteiger charge is -2.45. The van der Waals surface area contributed by atoms with Crippen LogP contribution in [0.2, 0.25) is 0 Å². The van der Waals surface area contributed by atoms with Crippen LogP contribution in [0.25, 0.3) is 0 Å². The molecule has 2 fully saturated rings. The first kappa shape index (κ1) is 30.0. The number of ether oxygens (including phenoxy) is 1. The Morgan fingerprint density at radius 1 is 1.03 bits per heavy atom. The largest absolute Gasteiger partial charge is 0.548 e. The summed E-state index contributed by atoms with van der Waals surface area (Å²) in [6.45, 7) is 3.58. The Kier molecular flexibility index (Phi) is 9.29. The summed E-state index contributed by atoms with van der Waals surface area (Å²) in [6.07, 6.45) is -0.733. The molecule has 2 aromatic rings. The van der Waals surface area contributed by atoms with Crippen molar-refractivity contribution in [1.82, 2.24) is 10.2 Å². The summed E-state index contributed by atoms with van der Waals surface area (Å²) in [6, 6.07) is 14.2. The summed E-state index contributed by atoms with van der Waals surface area (Å²) in [5.41, 5.74) is 1.82. The van der Waals surface area contributed by atoms with E-state index in [0.29, 0.717) is 11.3 Å². The van der Waals surface area contributed by atoms with E-state index in [-0.39, 0.29) is 13.0 Å². The van der Waals surface area contributed by atoms with E-state index in [1.165, 1.54) is 16.7 Å². The van der Waals surface area contributed by atoms with Gasteiger partial charge in [-0.3, -0.25) is 14.9 Å². The maximum Gasteiger partial charge on any atom is 0.411 e. The van der Waals surface area contributed by atoms with Crippen LogP contribution in [-0.4, -0.2) is 83.7 Å². The highest BCUT2D eigenvalue weighted by Crippen LogP contribution is 2.50. The number of carbonyl (C=O) groups is 4. The second kappa shape index (κ2) is 12.1. The number of nitrogens with one attached hydrogen (secondary N) is 2. The normalized spacial score (nSPS) is 21.0. The molecule has 4 rings (SSSR count). The molecule has 1 unspecified atom stereocenters. The summed E-state index contributed by atoms with van der Waals surface area (Å²) in [4.78, 5) is 50.3. The zero-order valence-corrected chi connectivity index (χ0v) is 23.9. The van der Waals surface area contributed by atoms with Crippen molar-refractivity contribution in [3.63, 3.8) is 0 Å². The Bertz CT molecular complexity index is 1210. The number of aliphatic carboxylic acids is 1. The maximum absolute atomic E-state index is 12.7. The molecule has 3 amide bonds. The van der Waals surface area contributed by atoms with Crippen molar-refractivity contribution in [2.45, 2.75) is 49.1 Å². The van der Waals surface area contributed by atoms with Gasteiger partial charge in [0, 0.05) is 10.4 Å². The molecule has 10 nitrogen and oxygen atoms in total. The number of anilines is 1. The minimum absolute atomic E-state index is 0.0797. The van der Waals surface area contributed by atoms with E-state index in [2.05, 4.69) is 38.8 Å². The highest BCUT2D eigenvalue weighted by Gasteiger charge is 2.62. The van der Waals surface area contributed by atoms with Crippen molar-refractivity contribution in [1.29, 1.82) is 0 Å². The van der Waals surface area contributed by atoms with Crippen LogP contribution in [0.4, 0.5) is 10.5 Å². The standard InChI is InChI=1S/C24H25N3O6S.C4H12N/c1-24(2)19(22(30)31)27-20(29)18(21(27)34-24)26-17(28)12-15-10-6-7-11-16(15)25-23(32)33-13-14-8-4-3-5-9-14;1-5(2,3)4/h3-11,18-19,21H,12-13H2,1-2H3,(H,25,32)(H,26,28)(H,30,31);1-4H3/q;+1/p-1/t18?,19-,21+;/m0./s1. The van der Waals surface area contributed by atoms with Gasteiger partial charge in [0.2, 0.25) is 11.8 Å². The quantitative estimate of drug-likeness (QED) is 0.392. The zero-order valence-electron chi connectivity index (χ0n) is 23.1. The number of carbonyl (C=O) groups excluding carboxylic acids is 4. The van der Waals surface area contributed by atoms with Crippen molar-refractivity contribution in [3.8, 4) is 0 Å². The number of para-hydroxylation sites is 1. The first-order valence-electron chi connectivity index (χ1n) is 12.5. The Balaban J connectivity index is 0.000000771. The number of carboxylic acid groups (broad SMARTS) is 1. The minimum atomic E-state index is -1.31. The molecule has 2 saturated heterocycles. The fourth-order valence-electron chi connectivity index (χ4n) is 4.19. The average molecular weight is 557 g/mol. The minimum Gasteiger partial charge on any atom is -0.548 e. The molecule has 0 spiro atoms. The van der Waals surface area contributed by atoms with Crippen LogP contribution < -0.4 is 15.7 Å². The third-order valence-corrected chi connectivity index (χ3v) is 7.37. The fraction of sp³-hybridized carbons (Fsp3) is 0.429. The lowest BCUT2D eigenvalue weighted by atomic mass is 9.96. The molecule has 2 heterocycles. The van der Waals surface area contributed by atoms with Gasteiger partial charge in [-0.15, -0.1) is 11.8 Å². The van der Waals surface area contributed by atoms with Crippen molar-refractivity contribution < 1.29 is 33.5 Å². The van der Waals surface area contributed by atoms with Crippen LogP contribution in [-0.2, 0) is 32.1 Å². The molecule has 0 radical (unpaired) electrons.